The summed E-state index contributed by atoms with van der Waals surface area (Å²) in [7, 11) is 0. The summed E-state index contributed by atoms with van der Waals surface area (Å²) in [4.78, 5) is 12.9. The van der Waals surface area contributed by atoms with Crippen LogP contribution in [0.1, 0.15) is 48.8 Å². The average Bonchev–Trinajstić information content (AvgIpc) is 3.19. The van der Waals surface area contributed by atoms with Crippen molar-refractivity contribution < 1.29 is 14.4 Å². The van der Waals surface area contributed by atoms with Crippen LogP contribution in [-0.4, -0.2) is 16.0 Å². The van der Waals surface area contributed by atoms with E-state index in [4.69, 9.17) is 4.52 Å². The van der Waals surface area contributed by atoms with Crippen LogP contribution in [0.15, 0.2) is 28.5 Å². The molecule has 130 valence electrons. The molecule has 1 fully saturated rings. The topological polar surface area (TPSA) is 63.3 Å². The zero-order valence-corrected chi connectivity index (χ0v) is 14.9. The van der Waals surface area contributed by atoms with Crippen molar-refractivity contribution in [2.45, 2.75) is 46.5 Å². The molecule has 4 rings (SSSR count). The quantitative estimate of drug-likeness (QED) is 0.874. The largest absolute Gasteiger partial charge is 0.511 e. The predicted molar refractivity (Wildman–Crippen MR) is 96.2 cm³/mol. The second kappa shape index (κ2) is 5.87. The van der Waals surface area contributed by atoms with Crippen molar-refractivity contribution in [2.24, 2.45) is 11.8 Å². The van der Waals surface area contributed by atoms with Crippen molar-refractivity contribution in [2.75, 3.05) is 0 Å². The molecule has 1 heterocycles. The minimum atomic E-state index is 0.0725. The van der Waals surface area contributed by atoms with Gasteiger partial charge in [-0.3, -0.25) is 4.79 Å². The van der Waals surface area contributed by atoms with E-state index in [0.717, 1.165) is 59.4 Å². The molecule has 2 bridgehead atoms. The minimum Gasteiger partial charge on any atom is -0.511 e. The van der Waals surface area contributed by atoms with E-state index in [2.05, 4.69) is 18.1 Å². The first kappa shape index (κ1) is 16.1. The van der Waals surface area contributed by atoms with Gasteiger partial charge in [-0.25, -0.2) is 0 Å². The number of hydrogen-bond donors (Lipinski definition) is 1. The lowest BCUT2D eigenvalue weighted by molar-refractivity contribution is -0.117. The number of carbonyl (C=O) groups excluding carboxylic acids is 1. The van der Waals surface area contributed by atoms with Crippen LogP contribution < -0.4 is 0 Å². The van der Waals surface area contributed by atoms with Crippen LogP contribution in [0, 0.1) is 25.7 Å². The van der Waals surface area contributed by atoms with Gasteiger partial charge in [0.1, 0.15) is 11.5 Å². The number of Topliss-reactive ketones (excluding diaryl/α,β-unsaturated/α-hetero) is 1. The maximum absolute atomic E-state index is 12.9. The molecule has 2 aliphatic rings. The van der Waals surface area contributed by atoms with E-state index in [1.807, 2.05) is 26.0 Å². The number of aromatic nitrogens is 1. The summed E-state index contributed by atoms with van der Waals surface area (Å²) in [5.41, 5.74) is 5.29. The van der Waals surface area contributed by atoms with Crippen LogP contribution in [0.5, 0.6) is 0 Å². The first-order chi connectivity index (χ1) is 12.0. The lowest BCUT2D eigenvalue weighted by Crippen LogP contribution is -2.22. The van der Waals surface area contributed by atoms with Gasteiger partial charge in [0.05, 0.1) is 11.3 Å². The number of carbonyl (C=O) groups is 1. The van der Waals surface area contributed by atoms with E-state index in [-0.39, 0.29) is 17.6 Å². The van der Waals surface area contributed by atoms with Gasteiger partial charge in [-0.1, -0.05) is 24.2 Å². The maximum Gasteiger partial charge on any atom is 0.169 e. The number of fused-ring (bicyclic) bond motifs is 2. The number of allylic oxidation sites excluding steroid dienone is 2. The first-order valence-electron chi connectivity index (χ1n) is 9.05. The second-order valence-electron chi connectivity index (χ2n) is 7.26. The van der Waals surface area contributed by atoms with Crippen molar-refractivity contribution in [3.63, 3.8) is 0 Å². The van der Waals surface area contributed by atoms with Gasteiger partial charge in [-0.15, -0.1) is 0 Å². The Morgan fingerprint density at radius 3 is 2.68 bits per heavy atom. The lowest BCUT2D eigenvalue weighted by atomic mass is 9.81. The number of benzene rings is 1. The summed E-state index contributed by atoms with van der Waals surface area (Å²) >= 11 is 0. The SMILES string of the molecule is CCc1ccc(-c2c(C)noc2C)cc1C1=C(O)C2CCC(C2)C1=O. The molecule has 2 unspecified atom stereocenters. The number of hydrogen-bond acceptors (Lipinski definition) is 4. The van der Waals surface area contributed by atoms with Gasteiger partial charge in [0.2, 0.25) is 0 Å². The van der Waals surface area contributed by atoms with Crippen molar-refractivity contribution in [1.29, 1.82) is 0 Å². The first-order valence-corrected chi connectivity index (χ1v) is 9.05. The number of rotatable bonds is 3. The normalized spacial score (nSPS) is 22.8. The zero-order valence-electron chi connectivity index (χ0n) is 14.9. The molecule has 2 aromatic rings. The highest BCUT2D eigenvalue weighted by molar-refractivity contribution is 6.23. The van der Waals surface area contributed by atoms with Gasteiger partial charge in [0, 0.05) is 17.4 Å². The van der Waals surface area contributed by atoms with Crippen LogP contribution in [0.3, 0.4) is 0 Å². The molecule has 1 N–H and O–H groups in total. The summed E-state index contributed by atoms with van der Waals surface area (Å²) < 4.78 is 5.30. The molecule has 4 heteroatoms. The molecule has 1 aromatic carbocycles. The highest BCUT2D eigenvalue weighted by atomic mass is 16.5. The van der Waals surface area contributed by atoms with E-state index in [1.54, 1.807) is 0 Å². The highest BCUT2D eigenvalue weighted by Gasteiger charge is 2.41. The molecule has 0 amide bonds. The summed E-state index contributed by atoms with van der Waals surface area (Å²) in [6, 6.07) is 6.13. The maximum atomic E-state index is 12.9. The van der Waals surface area contributed by atoms with E-state index in [0.29, 0.717) is 11.3 Å². The van der Waals surface area contributed by atoms with Gasteiger partial charge >= 0.3 is 0 Å². The van der Waals surface area contributed by atoms with E-state index in [1.165, 1.54) is 0 Å². The third-order valence-corrected chi connectivity index (χ3v) is 5.77. The zero-order chi connectivity index (χ0) is 17.7. The number of aliphatic hydroxyl groups is 1. The Kier molecular flexibility index (Phi) is 3.78. The standard InChI is InChI=1S/C21H23NO3/c1-4-13-5-6-14(18-11(2)22-25-12(18)3)10-17(13)19-20(23)15-7-8-16(9-15)21(19)24/h5-6,10,15-16,23H,4,7-9H2,1-3H3. The Bertz CT molecular complexity index is 871. The van der Waals surface area contributed by atoms with Crippen LogP contribution in [0.2, 0.25) is 0 Å². The minimum absolute atomic E-state index is 0.0725. The molecule has 2 aliphatic carbocycles. The summed E-state index contributed by atoms with van der Waals surface area (Å²) in [5.74, 6) is 1.38. The average molecular weight is 337 g/mol. The molecule has 2 atom stereocenters. The molecule has 1 saturated carbocycles. The molecular formula is C21H23NO3. The van der Waals surface area contributed by atoms with E-state index in [9.17, 15) is 9.90 Å². The van der Waals surface area contributed by atoms with Gasteiger partial charge in [-0.05, 0) is 62.3 Å². The summed E-state index contributed by atoms with van der Waals surface area (Å²) in [6.07, 6.45) is 3.43. The Morgan fingerprint density at radius 1 is 1.24 bits per heavy atom. The van der Waals surface area contributed by atoms with Crippen molar-refractivity contribution >= 4 is 11.4 Å². The van der Waals surface area contributed by atoms with Gasteiger partial charge in [0.25, 0.3) is 0 Å². The molecule has 0 aliphatic heterocycles. The van der Waals surface area contributed by atoms with E-state index < -0.39 is 0 Å². The Morgan fingerprint density at radius 2 is 2.00 bits per heavy atom. The predicted octanol–water partition coefficient (Wildman–Crippen LogP) is 4.79. The number of ketones is 1. The third-order valence-electron chi connectivity index (χ3n) is 5.77. The smallest absolute Gasteiger partial charge is 0.169 e. The summed E-state index contributed by atoms with van der Waals surface area (Å²) in [6.45, 7) is 5.89. The van der Waals surface area contributed by atoms with Crippen LogP contribution in [0.4, 0.5) is 0 Å². The monoisotopic (exact) mass is 337 g/mol. The Balaban J connectivity index is 1.91. The molecule has 1 aromatic heterocycles. The molecular weight excluding hydrogens is 314 g/mol. The molecule has 0 saturated heterocycles. The fraction of sp³-hybridized carbons (Fsp3) is 0.429. The number of aliphatic hydroxyl groups excluding tert-OH is 1. The van der Waals surface area contributed by atoms with Crippen molar-refractivity contribution in [3.05, 3.63) is 46.5 Å². The third kappa shape index (κ3) is 2.43. The van der Waals surface area contributed by atoms with E-state index >= 15 is 0 Å². The fourth-order valence-corrected chi connectivity index (χ4v) is 4.44. The number of nitrogens with zero attached hydrogens (tertiary/aromatic N) is 1. The number of aryl methyl sites for hydroxylation is 3. The van der Waals surface area contributed by atoms with Crippen molar-refractivity contribution in [3.8, 4) is 11.1 Å². The lowest BCUT2D eigenvalue weighted by Gasteiger charge is -2.23. The van der Waals surface area contributed by atoms with Gasteiger partial charge in [0.15, 0.2) is 5.78 Å². The van der Waals surface area contributed by atoms with Crippen LogP contribution >= 0.6 is 0 Å². The van der Waals surface area contributed by atoms with Crippen LogP contribution in [-0.2, 0) is 11.2 Å². The molecule has 4 nitrogen and oxygen atoms in total. The molecule has 0 radical (unpaired) electrons. The molecule has 0 spiro atoms. The second-order valence-corrected chi connectivity index (χ2v) is 7.26. The Labute approximate surface area is 147 Å². The Hall–Kier alpha value is -2.36. The van der Waals surface area contributed by atoms with Crippen molar-refractivity contribution in [1.82, 2.24) is 5.16 Å². The van der Waals surface area contributed by atoms with Gasteiger partial charge in [-0.2, -0.15) is 0 Å². The molecule has 25 heavy (non-hydrogen) atoms. The fourth-order valence-electron chi connectivity index (χ4n) is 4.44. The highest BCUT2D eigenvalue weighted by Crippen LogP contribution is 2.46. The van der Waals surface area contributed by atoms with Crippen LogP contribution in [0.25, 0.3) is 16.7 Å². The van der Waals surface area contributed by atoms with Gasteiger partial charge < -0.3 is 9.63 Å². The summed E-state index contributed by atoms with van der Waals surface area (Å²) in [5, 5.41) is 14.8.